The second kappa shape index (κ2) is 37.7. The second-order valence-corrected chi connectivity index (χ2v) is 41.1. The molecule has 33 atom stereocenters. The standard InChI is InChI=1S/2C32H48O5.C26H46O2.C8H8O3.2CH4/c2*1-5-21-26-18-20(33)12-15-32(26,4)25-13-16-31(3)23(10-11-24(31)28(25)29(21)34)19(2)14-17-37-27-9-7-6-8-22(27)30(35)36;1-6-18-22-15-16(2)9-12-26(22,5)21-10-13-25(4)19(17(3)11-14-27)7-8-20(25)23(21)24(18)28;1-11-8(10)6-4-2-3-5-7(6)9;;/h2*6-9,19-21,23-26,28-29,33-34H,5,10-18H2,1-4H3,(H,35,36);16-24,27-28H,6-15H2,1-5H3;2-5,9H,1H3;2*1H4/t2*19-,20-,21-,23-,24+,25+,26+,28+,29-,31-,32-;16-,17-,18-,19-,20+,21+,22+,23+,24-,25-,26-;;;/m111.../s1. The third-order valence-corrected chi connectivity index (χ3v) is 36.5. The molecule has 115 heavy (non-hydrogen) atoms. The van der Waals surface area contributed by atoms with Crippen LogP contribution >= 0.6 is 0 Å². The van der Waals surface area contributed by atoms with Crippen LogP contribution in [0.5, 0.6) is 17.2 Å². The Labute approximate surface area is 693 Å². The Morgan fingerprint density at radius 2 is 0.730 bits per heavy atom. The monoisotopic (exact) mass is 1600 g/mol. The molecular weight excluding hydrogens is 1440 g/mol. The molecule has 15 rings (SSSR count). The number of aromatic carboxylic acids is 2. The molecule has 0 bridgehead atoms. The Balaban J connectivity index is 0.000000171. The first-order valence-electron chi connectivity index (χ1n) is 45.5. The highest BCUT2D eigenvalue weighted by Crippen LogP contribution is 2.74. The van der Waals surface area contributed by atoms with Crippen molar-refractivity contribution >= 4 is 17.9 Å². The third kappa shape index (κ3) is 17.2. The lowest BCUT2D eigenvalue weighted by molar-refractivity contribution is -0.203. The fraction of sp³-hybridized carbons (Fsp3) is 0.790. The molecule has 648 valence electrons. The van der Waals surface area contributed by atoms with E-state index in [2.05, 4.69) is 94.7 Å². The highest BCUT2D eigenvalue weighted by atomic mass is 16.5. The number of para-hydroxylation sites is 3. The molecular formula is C100H158O15. The Hall–Kier alpha value is -4.77. The molecule has 12 fully saturated rings. The number of carbonyl (C=O) groups excluding carboxylic acids is 1. The van der Waals surface area contributed by atoms with Crippen LogP contribution in [0.2, 0.25) is 0 Å². The zero-order valence-corrected chi connectivity index (χ0v) is 71.7. The lowest BCUT2D eigenvalue weighted by Crippen LogP contribution is -2.62. The van der Waals surface area contributed by atoms with Crippen molar-refractivity contribution < 1.29 is 74.6 Å². The van der Waals surface area contributed by atoms with Crippen molar-refractivity contribution in [1.29, 1.82) is 0 Å². The minimum Gasteiger partial charge on any atom is -0.507 e. The van der Waals surface area contributed by atoms with E-state index in [1.165, 1.54) is 116 Å². The van der Waals surface area contributed by atoms with Crippen LogP contribution < -0.4 is 9.47 Å². The molecule has 3 aromatic rings. The highest BCUT2D eigenvalue weighted by Gasteiger charge is 2.69. The number of phenolic OH excluding ortho intramolecular Hbond substituents is 1. The number of fused-ring (bicyclic) bond motifs is 15. The number of hydrogen-bond donors (Lipinski definition) is 9. The maximum Gasteiger partial charge on any atom is 0.341 e. The van der Waals surface area contributed by atoms with Gasteiger partial charge in [0.25, 0.3) is 0 Å². The Morgan fingerprint density at radius 1 is 0.417 bits per heavy atom. The number of carboxylic acids is 2. The van der Waals surface area contributed by atoms with E-state index in [4.69, 9.17) is 14.6 Å². The van der Waals surface area contributed by atoms with Crippen LogP contribution in [-0.4, -0.2) is 121 Å². The summed E-state index contributed by atoms with van der Waals surface area (Å²) in [6.07, 6.45) is 29.7. The summed E-state index contributed by atoms with van der Waals surface area (Å²) in [5.74, 6) is 10.4. The van der Waals surface area contributed by atoms with Crippen molar-refractivity contribution in [2.24, 2.45) is 163 Å². The van der Waals surface area contributed by atoms with E-state index in [0.29, 0.717) is 149 Å². The fourth-order valence-electron chi connectivity index (χ4n) is 30.8. The largest absolute Gasteiger partial charge is 0.507 e. The molecule has 0 spiro atoms. The first-order valence-corrected chi connectivity index (χ1v) is 45.5. The van der Waals surface area contributed by atoms with Crippen LogP contribution in [0.1, 0.15) is 309 Å². The quantitative estimate of drug-likeness (QED) is 0.0506. The summed E-state index contributed by atoms with van der Waals surface area (Å²) < 4.78 is 16.4. The lowest BCUT2D eigenvalue weighted by Gasteiger charge is -2.65. The predicted molar refractivity (Wildman–Crippen MR) is 458 cm³/mol. The topological polar surface area (TPSA) is 261 Å². The van der Waals surface area contributed by atoms with E-state index >= 15 is 0 Å². The van der Waals surface area contributed by atoms with Crippen LogP contribution in [0.4, 0.5) is 0 Å². The average molecular weight is 1600 g/mol. The first-order chi connectivity index (χ1) is 53.8. The molecule has 15 heteroatoms. The highest BCUT2D eigenvalue weighted by molar-refractivity contribution is 5.92. The number of carboxylic acid groups (broad SMARTS) is 2. The van der Waals surface area contributed by atoms with Gasteiger partial charge >= 0.3 is 17.9 Å². The summed E-state index contributed by atoms with van der Waals surface area (Å²) in [5, 5.41) is 94.1. The van der Waals surface area contributed by atoms with Crippen molar-refractivity contribution in [1.82, 2.24) is 0 Å². The van der Waals surface area contributed by atoms with Crippen LogP contribution in [0, 0.1) is 163 Å². The number of methoxy groups -OCH3 is 1. The van der Waals surface area contributed by atoms with Crippen LogP contribution in [0.15, 0.2) is 72.8 Å². The number of aliphatic hydroxyl groups is 6. The summed E-state index contributed by atoms with van der Waals surface area (Å²) in [6, 6.07) is 20.0. The van der Waals surface area contributed by atoms with Gasteiger partial charge in [-0.2, -0.15) is 0 Å². The van der Waals surface area contributed by atoms with Gasteiger partial charge < -0.3 is 60.2 Å². The van der Waals surface area contributed by atoms with Crippen molar-refractivity contribution in [2.75, 3.05) is 26.9 Å². The number of esters is 1. The van der Waals surface area contributed by atoms with E-state index < -0.39 is 17.9 Å². The maximum atomic E-state index is 11.9. The van der Waals surface area contributed by atoms with Gasteiger partial charge in [0.15, 0.2) is 0 Å². The average Bonchev–Trinajstić information content (AvgIpc) is 1.69. The molecule has 0 heterocycles. The van der Waals surface area contributed by atoms with Gasteiger partial charge in [-0.1, -0.05) is 167 Å². The number of hydrogen-bond acceptors (Lipinski definition) is 13. The van der Waals surface area contributed by atoms with E-state index in [0.717, 1.165) is 101 Å². The summed E-state index contributed by atoms with van der Waals surface area (Å²) in [6.45, 7) is 32.9. The Bertz CT molecular complexity index is 3520. The molecule has 0 saturated heterocycles. The number of phenols is 1. The third-order valence-electron chi connectivity index (χ3n) is 36.5. The van der Waals surface area contributed by atoms with Gasteiger partial charge in [-0.15, -0.1) is 0 Å². The molecule has 0 aromatic heterocycles. The Morgan fingerprint density at radius 3 is 1.07 bits per heavy atom. The fourth-order valence-corrected chi connectivity index (χ4v) is 30.8. The minimum atomic E-state index is -0.952. The number of carbonyl (C=O) groups is 3. The minimum absolute atomic E-state index is 0. The Kier molecular flexibility index (Phi) is 30.3. The molecule has 9 N–H and O–H groups in total. The molecule has 12 saturated carbocycles. The zero-order valence-electron chi connectivity index (χ0n) is 71.7. The van der Waals surface area contributed by atoms with Gasteiger partial charge in [0, 0.05) is 6.61 Å². The van der Waals surface area contributed by atoms with E-state index in [-0.39, 0.29) is 89.5 Å². The SMILES string of the molecule is C.C.CC[C@H]1[C@@H](O)[C@@H]2[C@H](CC[C@]3(C)[C@@H]([C@H](C)CCO)CC[C@@H]23)[C@@]2(C)CC[C@@H](C)C[C@@H]12.CC[C@H]1[C@@H](O)[C@@H]2[C@H](CC[C@]3(C)[C@@H]([C@H](C)CCOc4ccccc4C(=O)O)CC[C@@H]23)[C@@]2(C)CC[C@@H](O)C[C@@H]12.CC[C@H]1[C@@H](O)[C@@H]2[C@H](CC[C@]3(C)[C@@H]([C@H](C)CCOc4ccccc4C(=O)O)CC[C@@H]23)[C@@]2(C)CC[C@@H](O)C[C@@H]12.COC(=O)c1ccccc1O. The number of rotatable bonds is 19. The molecule has 0 radical (unpaired) electrons. The van der Waals surface area contributed by atoms with Crippen LogP contribution in [0.25, 0.3) is 0 Å². The summed E-state index contributed by atoms with van der Waals surface area (Å²) in [4.78, 5) is 33.9. The van der Waals surface area contributed by atoms with E-state index in [9.17, 15) is 55.2 Å². The molecule has 0 unspecified atom stereocenters. The summed E-state index contributed by atoms with van der Waals surface area (Å²) >= 11 is 0. The van der Waals surface area contributed by atoms with Gasteiger partial charge in [-0.25, -0.2) is 14.4 Å². The number of ether oxygens (including phenoxy) is 3. The first kappa shape index (κ1) is 92.5. The summed E-state index contributed by atoms with van der Waals surface area (Å²) in [7, 11) is 1.27. The molecule has 3 aromatic carbocycles. The van der Waals surface area contributed by atoms with Crippen molar-refractivity contribution in [3.05, 3.63) is 89.5 Å². The van der Waals surface area contributed by atoms with E-state index in [1.54, 1.807) is 48.5 Å². The number of aromatic hydroxyl groups is 1. The van der Waals surface area contributed by atoms with Gasteiger partial charge in [-0.3, -0.25) is 0 Å². The summed E-state index contributed by atoms with van der Waals surface area (Å²) in [5.41, 5.74) is 2.40. The van der Waals surface area contributed by atoms with Crippen molar-refractivity contribution in [3.8, 4) is 17.2 Å². The molecule has 0 amide bonds. The maximum absolute atomic E-state index is 11.9. The smallest absolute Gasteiger partial charge is 0.341 e. The number of benzene rings is 3. The van der Waals surface area contributed by atoms with Crippen molar-refractivity contribution in [3.63, 3.8) is 0 Å². The van der Waals surface area contributed by atoms with Gasteiger partial charge in [0.1, 0.15) is 33.9 Å². The van der Waals surface area contributed by atoms with Crippen LogP contribution in [0.3, 0.4) is 0 Å². The van der Waals surface area contributed by atoms with Gasteiger partial charge in [0.2, 0.25) is 0 Å². The molecule has 15 nitrogen and oxygen atoms in total. The zero-order chi connectivity index (χ0) is 81.6. The van der Waals surface area contributed by atoms with Crippen LogP contribution in [-0.2, 0) is 4.74 Å². The predicted octanol–water partition coefficient (Wildman–Crippen LogP) is 21.2. The molecule has 12 aliphatic rings. The van der Waals surface area contributed by atoms with Gasteiger partial charge in [0.05, 0.1) is 50.8 Å². The normalized spacial score (nSPS) is 42.4. The van der Waals surface area contributed by atoms with Crippen molar-refractivity contribution in [2.45, 2.75) is 309 Å². The van der Waals surface area contributed by atoms with E-state index in [1.807, 2.05) is 12.1 Å². The van der Waals surface area contributed by atoms with Gasteiger partial charge in [-0.05, 0) is 347 Å². The molecule has 0 aliphatic heterocycles. The number of aliphatic hydroxyl groups excluding tert-OH is 6. The lowest BCUT2D eigenvalue weighted by atomic mass is 9.41. The molecule has 12 aliphatic carbocycles. The second-order valence-electron chi connectivity index (χ2n) is 41.1.